The predicted molar refractivity (Wildman–Crippen MR) is 107 cm³/mol. The first-order chi connectivity index (χ1) is 13.5. The molecule has 3 rings (SSSR count). The van der Waals surface area contributed by atoms with Crippen LogP contribution in [-0.4, -0.2) is 42.4 Å². The highest BCUT2D eigenvalue weighted by Crippen LogP contribution is 2.32. The van der Waals surface area contributed by atoms with Crippen LogP contribution in [0.5, 0.6) is 0 Å². The summed E-state index contributed by atoms with van der Waals surface area (Å²) in [7, 11) is 0. The number of hydrogen-bond acceptors (Lipinski definition) is 5. The highest BCUT2D eigenvalue weighted by Gasteiger charge is 2.41. The molecule has 1 aromatic rings. The Hall–Kier alpha value is -2.34. The Balaban J connectivity index is 1.74. The lowest BCUT2D eigenvalue weighted by Gasteiger charge is -2.23. The fourth-order valence-corrected chi connectivity index (χ4v) is 3.72. The molecule has 0 atom stereocenters. The summed E-state index contributed by atoms with van der Waals surface area (Å²) in [4.78, 5) is 40.6. The average Bonchev–Trinajstić information content (AvgIpc) is 2.89. The SMILES string of the molecule is CCCCOC(=O)c1ccc(N2C(=O)C(Cl)=C(N3CCCCCC3)C2=O)cc1. The van der Waals surface area contributed by atoms with Crippen molar-refractivity contribution in [3.63, 3.8) is 0 Å². The van der Waals surface area contributed by atoms with Gasteiger partial charge in [0.2, 0.25) is 0 Å². The molecule has 0 saturated carbocycles. The van der Waals surface area contributed by atoms with E-state index in [9.17, 15) is 14.4 Å². The van der Waals surface area contributed by atoms with Crippen molar-refractivity contribution in [2.45, 2.75) is 45.4 Å². The number of esters is 1. The maximum Gasteiger partial charge on any atom is 0.338 e. The fourth-order valence-electron chi connectivity index (χ4n) is 3.43. The van der Waals surface area contributed by atoms with E-state index in [0.717, 1.165) is 56.5 Å². The molecule has 0 aromatic heterocycles. The average molecular weight is 405 g/mol. The number of halogens is 1. The third-order valence-electron chi connectivity index (χ3n) is 5.02. The molecule has 1 saturated heterocycles. The van der Waals surface area contributed by atoms with Gasteiger partial charge in [0.1, 0.15) is 10.7 Å². The lowest BCUT2D eigenvalue weighted by atomic mass is 10.2. The van der Waals surface area contributed by atoms with Crippen LogP contribution in [0.15, 0.2) is 35.0 Å². The van der Waals surface area contributed by atoms with Crippen molar-refractivity contribution in [2.24, 2.45) is 0 Å². The largest absolute Gasteiger partial charge is 0.462 e. The van der Waals surface area contributed by atoms with E-state index in [-0.39, 0.29) is 10.7 Å². The van der Waals surface area contributed by atoms with E-state index < -0.39 is 17.8 Å². The first-order valence-corrected chi connectivity index (χ1v) is 10.2. The van der Waals surface area contributed by atoms with E-state index in [1.807, 2.05) is 11.8 Å². The van der Waals surface area contributed by atoms with E-state index in [0.29, 0.717) is 17.9 Å². The molecule has 0 bridgehead atoms. The summed E-state index contributed by atoms with van der Waals surface area (Å²) in [6.07, 6.45) is 5.93. The molecule has 150 valence electrons. The van der Waals surface area contributed by atoms with Gasteiger partial charge in [0, 0.05) is 13.1 Å². The Labute approximate surface area is 170 Å². The number of ether oxygens (including phenoxy) is 1. The molecule has 7 heteroatoms. The number of likely N-dealkylation sites (tertiary alicyclic amines) is 1. The van der Waals surface area contributed by atoms with E-state index in [1.54, 1.807) is 24.3 Å². The number of carbonyl (C=O) groups excluding carboxylic acids is 3. The summed E-state index contributed by atoms with van der Waals surface area (Å²) in [6, 6.07) is 6.26. The van der Waals surface area contributed by atoms with Crippen LogP contribution in [0, 0.1) is 0 Å². The van der Waals surface area contributed by atoms with Crippen molar-refractivity contribution in [1.82, 2.24) is 4.90 Å². The van der Waals surface area contributed by atoms with Crippen LogP contribution in [-0.2, 0) is 14.3 Å². The molecule has 0 unspecified atom stereocenters. The maximum absolute atomic E-state index is 13.0. The third kappa shape index (κ3) is 4.22. The quantitative estimate of drug-likeness (QED) is 0.409. The van der Waals surface area contributed by atoms with Crippen LogP contribution >= 0.6 is 11.6 Å². The van der Waals surface area contributed by atoms with Crippen molar-refractivity contribution in [2.75, 3.05) is 24.6 Å². The summed E-state index contributed by atoms with van der Waals surface area (Å²) < 4.78 is 5.18. The molecular formula is C21H25ClN2O4. The smallest absolute Gasteiger partial charge is 0.338 e. The van der Waals surface area contributed by atoms with Crippen molar-refractivity contribution in [3.05, 3.63) is 40.6 Å². The monoisotopic (exact) mass is 404 g/mol. The lowest BCUT2D eigenvalue weighted by Crippen LogP contribution is -2.35. The molecule has 6 nitrogen and oxygen atoms in total. The van der Waals surface area contributed by atoms with Crippen molar-refractivity contribution >= 4 is 35.1 Å². The first-order valence-electron chi connectivity index (χ1n) is 9.85. The van der Waals surface area contributed by atoms with Crippen LogP contribution in [0.3, 0.4) is 0 Å². The molecule has 2 aliphatic heterocycles. The van der Waals surface area contributed by atoms with Crippen LogP contribution in [0.4, 0.5) is 5.69 Å². The number of benzene rings is 1. The standard InChI is InChI=1S/C21H25ClN2O4/c1-2-3-14-28-21(27)15-8-10-16(11-9-15)24-19(25)17(22)18(20(24)26)23-12-6-4-5-7-13-23/h8-11H,2-7,12-14H2,1H3. The van der Waals surface area contributed by atoms with E-state index >= 15 is 0 Å². The summed E-state index contributed by atoms with van der Waals surface area (Å²) >= 11 is 6.26. The zero-order valence-corrected chi connectivity index (χ0v) is 16.8. The molecule has 0 aliphatic carbocycles. The molecule has 0 spiro atoms. The van der Waals surface area contributed by atoms with Gasteiger partial charge in [0.25, 0.3) is 11.8 Å². The topological polar surface area (TPSA) is 66.9 Å². The Morgan fingerprint density at radius 2 is 1.68 bits per heavy atom. The lowest BCUT2D eigenvalue weighted by molar-refractivity contribution is -0.121. The minimum Gasteiger partial charge on any atom is -0.462 e. The highest BCUT2D eigenvalue weighted by molar-refractivity contribution is 6.52. The van der Waals surface area contributed by atoms with Crippen LogP contribution in [0.1, 0.15) is 55.8 Å². The number of anilines is 1. The van der Waals surface area contributed by atoms with Gasteiger partial charge in [-0.15, -0.1) is 0 Å². The highest BCUT2D eigenvalue weighted by atomic mass is 35.5. The molecule has 0 radical (unpaired) electrons. The number of rotatable bonds is 6. The molecule has 0 N–H and O–H groups in total. The number of hydrogen-bond donors (Lipinski definition) is 0. The van der Waals surface area contributed by atoms with Crippen LogP contribution in [0.2, 0.25) is 0 Å². The molecule has 1 aromatic carbocycles. The minimum atomic E-state index is -0.524. The minimum absolute atomic E-state index is 0.0325. The zero-order valence-electron chi connectivity index (χ0n) is 16.1. The van der Waals surface area contributed by atoms with Gasteiger partial charge in [-0.2, -0.15) is 0 Å². The fraction of sp³-hybridized carbons (Fsp3) is 0.476. The van der Waals surface area contributed by atoms with E-state index in [2.05, 4.69) is 0 Å². The summed E-state index contributed by atoms with van der Waals surface area (Å²) in [5.74, 6) is -1.35. The Morgan fingerprint density at radius 1 is 1.04 bits per heavy atom. The van der Waals surface area contributed by atoms with Crippen molar-refractivity contribution < 1.29 is 19.1 Å². The Kier molecular flexibility index (Phi) is 6.73. The van der Waals surface area contributed by atoms with Gasteiger partial charge in [-0.3, -0.25) is 9.59 Å². The molecular weight excluding hydrogens is 380 g/mol. The summed E-state index contributed by atoms with van der Waals surface area (Å²) in [5, 5.41) is -0.0325. The number of amides is 2. The molecule has 2 aliphatic rings. The van der Waals surface area contributed by atoms with Gasteiger partial charge in [-0.1, -0.05) is 37.8 Å². The van der Waals surface area contributed by atoms with Gasteiger partial charge >= 0.3 is 5.97 Å². The van der Waals surface area contributed by atoms with Gasteiger partial charge in [-0.05, 0) is 43.5 Å². The second-order valence-corrected chi connectivity index (χ2v) is 7.42. The van der Waals surface area contributed by atoms with Crippen LogP contribution < -0.4 is 4.90 Å². The predicted octanol–water partition coefficient (Wildman–Crippen LogP) is 3.84. The number of unbranched alkanes of at least 4 members (excludes halogenated alkanes) is 1. The first kappa shape index (κ1) is 20.4. The van der Waals surface area contributed by atoms with Gasteiger partial charge in [0.15, 0.2) is 0 Å². The second kappa shape index (κ2) is 9.24. The maximum atomic E-state index is 13.0. The molecule has 2 heterocycles. The Bertz CT molecular complexity index is 780. The van der Waals surface area contributed by atoms with E-state index in [4.69, 9.17) is 16.3 Å². The summed E-state index contributed by atoms with van der Waals surface area (Å²) in [6.45, 7) is 3.84. The normalized spacial score (nSPS) is 17.9. The van der Waals surface area contributed by atoms with Gasteiger partial charge in [0.05, 0.1) is 17.9 Å². The van der Waals surface area contributed by atoms with Crippen LogP contribution in [0.25, 0.3) is 0 Å². The number of imide groups is 1. The summed E-state index contributed by atoms with van der Waals surface area (Å²) in [5.41, 5.74) is 1.06. The van der Waals surface area contributed by atoms with Crippen molar-refractivity contribution in [1.29, 1.82) is 0 Å². The Morgan fingerprint density at radius 3 is 2.29 bits per heavy atom. The van der Waals surface area contributed by atoms with E-state index in [1.165, 1.54) is 0 Å². The molecule has 1 fully saturated rings. The third-order valence-corrected chi connectivity index (χ3v) is 5.36. The number of nitrogens with zero attached hydrogens (tertiary/aromatic N) is 2. The molecule has 28 heavy (non-hydrogen) atoms. The van der Waals surface area contributed by atoms with Crippen molar-refractivity contribution in [3.8, 4) is 0 Å². The van der Waals surface area contributed by atoms with Gasteiger partial charge < -0.3 is 9.64 Å². The second-order valence-electron chi connectivity index (χ2n) is 7.05. The zero-order chi connectivity index (χ0) is 20.1. The van der Waals surface area contributed by atoms with Gasteiger partial charge in [-0.25, -0.2) is 9.69 Å². The number of carbonyl (C=O) groups is 3. The molecule has 2 amide bonds.